The summed E-state index contributed by atoms with van der Waals surface area (Å²) in [5.41, 5.74) is 0. The molecule has 0 amide bonds. The third kappa shape index (κ3) is 43.9. The lowest BCUT2D eigenvalue weighted by Crippen LogP contribution is -2.29. The van der Waals surface area contributed by atoms with E-state index in [1.54, 1.807) is 0 Å². The zero-order chi connectivity index (χ0) is 41.8. The van der Waals surface area contributed by atoms with Crippen molar-refractivity contribution < 1.29 is 37.6 Å². The van der Waals surface area contributed by atoms with Gasteiger partial charge in [-0.25, -0.2) is 4.57 Å². The lowest BCUT2D eigenvalue weighted by molar-refractivity contribution is -0.161. The molecule has 0 heterocycles. The maximum absolute atomic E-state index is 12.5. The monoisotopic (exact) mass is 827 g/mol. The number of phosphoric acid groups is 1. The van der Waals surface area contributed by atoms with Crippen molar-refractivity contribution in [1.29, 1.82) is 0 Å². The number of allylic oxidation sites excluding steroid dienone is 4. The molecule has 8 nitrogen and oxygen atoms in total. The van der Waals surface area contributed by atoms with Gasteiger partial charge in [-0.15, -0.1) is 0 Å². The van der Waals surface area contributed by atoms with Crippen LogP contribution in [0.15, 0.2) is 24.3 Å². The van der Waals surface area contributed by atoms with E-state index in [2.05, 4.69) is 42.7 Å². The van der Waals surface area contributed by atoms with E-state index in [4.69, 9.17) is 14.0 Å². The van der Waals surface area contributed by atoms with Crippen LogP contribution in [0.5, 0.6) is 0 Å². The zero-order valence-electron chi connectivity index (χ0n) is 37.5. The van der Waals surface area contributed by atoms with E-state index in [0.29, 0.717) is 12.8 Å². The van der Waals surface area contributed by atoms with Crippen molar-refractivity contribution in [1.82, 2.24) is 0 Å². The summed E-state index contributed by atoms with van der Waals surface area (Å²) < 4.78 is 32.1. The van der Waals surface area contributed by atoms with Crippen LogP contribution in [0.3, 0.4) is 0 Å². The fourth-order valence-electron chi connectivity index (χ4n) is 6.98. The second-order valence-electron chi connectivity index (χ2n) is 16.3. The quantitative estimate of drug-likeness (QED) is 0.0280. The van der Waals surface area contributed by atoms with E-state index in [9.17, 15) is 19.0 Å². The molecule has 336 valence electrons. The Kier molecular flexibility index (Phi) is 43.0. The van der Waals surface area contributed by atoms with Gasteiger partial charge in [0.2, 0.25) is 0 Å². The Morgan fingerprint density at radius 2 is 0.842 bits per heavy atom. The molecular formula is C48H91O8P. The van der Waals surface area contributed by atoms with E-state index in [0.717, 1.165) is 64.9 Å². The Hall–Kier alpha value is -1.47. The van der Waals surface area contributed by atoms with Crippen molar-refractivity contribution in [3.8, 4) is 0 Å². The summed E-state index contributed by atoms with van der Waals surface area (Å²) in [6.07, 6.45) is 51.0. The fraction of sp³-hybridized carbons (Fsp3) is 0.875. The van der Waals surface area contributed by atoms with Crippen LogP contribution in [-0.2, 0) is 32.7 Å². The van der Waals surface area contributed by atoms with Gasteiger partial charge in [0.15, 0.2) is 6.10 Å². The molecule has 0 radical (unpaired) electrons. The second-order valence-corrected chi connectivity index (χ2v) is 17.8. The Bertz CT molecular complexity index is 983. The number of hydrogen-bond acceptors (Lipinski definition) is 7. The van der Waals surface area contributed by atoms with Crippen LogP contribution < -0.4 is 0 Å². The largest absolute Gasteiger partial charge is 0.472 e. The molecule has 2 atom stereocenters. The van der Waals surface area contributed by atoms with Crippen LogP contribution in [-0.4, -0.2) is 43.3 Å². The van der Waals surface area contributed by atoms with Gasteiger partial charge < -0.3 is 14.4 Å². The van der Waals surface area contributed by atoms with Crippen molar-refractivity contribution in [3.63, 3.8) is 0 Å². The summed E-state index contributed by atoms with van der Waals surface area (Å²) >= 11 is 0. The molecule has 0 saturated carbocycles. The number of carbonyl (C=O) groups excluding carboxylic acids is 2. The van der Waals surface area contributed by atoms with Crippen LogP contribution in [0, 0.1) is 0 Å². The first kappa shape index (κ1) is 55.5. The summed E-state index contributed by atoms with van der Waals surface area (Å²) in [7, 11) is -3.20. The summed E-state index contributed by atoms with van der Waals surface area (Å²) in [5, 5.41) is 0. The second kappa shape index (κ2) is 44.1. The number of ether oxygens (including phenoxy) is 2. The zero-order valence-corrected chi connectivity index (χ0v) is 38.4. The summed E-state index contributed by atoms with van der Waals surface area (Å²) in [6.45, 7) is 3.89. The molecule has 2 unspecified atom stereocenters. The minimum absolute atomic E-state index is 0.226. The molecule has 0 spiro atoms. The van der Waals surface area contributed by atoms with E-state index < -0.39 is 26.5 Å². The third-order valence-electron chi connectivity index (χ3n) is 10.7. The molecule has 0 aromatic heterocycles. The number of carbonyl (C=O) groups is 2. The number of unbranched alkanes of at least 4 members (excludes halogenated alkanes) is 30. The van der Waals surface area contributed by atoms with E-state index in [1.165, 1.54) is 154 Å². The molecule has 0 aliphatic heterocycles. The third-order valence-corrected chi connectivity index (χ3v) is 11.6. The van der Waals surface area contributed by atoms with Gasteiger partial charge in [0.1, 0.15) is 6.61 Å². The summed E-state index contributed by atoms with van der Waals surface area (Å²) in [6, 6.07) is 0. The molecule has 0 aliphatic carbocycles. The normalized spacial score (nSPS) is 13.4. The first-order valence-corrected chi connectivity index (χ1v) is 25.5. The molecule has 57 heavy (non-hydrogen) atoms. The van der Waals surface area contributed by atoms with Gasteiger partial charge in [-0.3, -0.25) is 18.6 Å². The molecular weight excluding hydrogens is 735 g/mol. The van der Waals surface area contributed by atoms with Crippen LogP contribution in [0.2, 0.25) is 0 Å². The Morgan fingerprint density at radius 3 is 1.25 bits per heavy atom. The van der Waals surface area contributed by atoms with Gasteiger partial charge in [-0.1, -0.05) is 212 Å². The Balaban J connectivity index is 3.89. The molecule has 0 aliphatic rings. The number of esters is 2. The topological polar surface area (TPSA) is 108 Å². The highest BCUT2D eigenvalue weighted by Gasteiger charge is 2.24. The standard InChI is InChI=1S/C48H91O8P/c1-4-6-8-10-12-14-16-18-20-22-23-24-25-26-27-29-30-32-34-36-38-40-42-47(49)54-44-46(45-55-57(51,52)53-3)56-48(50)43-41-39-37-35-33-31-28-21-19-17-15-13-11-9-7-5-2/h15,17,21,28,46H,4-14,16,18-20,22-27,29-45H2,1-3H3,(H,51,52)/b17-15-,28-21-. The number of rotatable bonds is 45. The molecule has 0 rings (SSSR count). The maximum Gasteiger partial charge on any atom is 0.472 e. The van der Waals surface area contributed by atoms with Gasteiger partial charge in [0.25, 0.3) is 0 Å². The molecule has 0 saturated heterocycles. The van der Waals surface area contributed by atoms with Crippen LogP contribution in [0.4, 0.5) is 0 Å². The van der Waals surface area contributed by atoms with Gasteiger partial charge in [-0.2, -0.15) is 0 Å². The van der Waals surface area contributed by atoms with E-state index in [-0.39, 0.29) is 19.0 Å². The maximum atomic E-state index is 12.5. The highest BCUT2D eigenvalue weighted by molar-refractivity contribution is 7.47. The highest BCUT2D eigenvalue weighted by atomic mass is 31.2. The molecule has 0 bridgehead atoms. The van der Waals surface area contributed by atoms with Crippen molar-refractivity contribution in [3.05, 3.63) is 24.3 Å². The lowest BCUT2D eigenvalue weighted by Gasteiger charge is -2.19. The van der Waals surface area contributed by atoms with Gasteiger partial charge in [0.05, 0.1) is 6.61 Å². The summed E-state index contributed by atoms with van der Waals surface area (Å²) in [5.74, 6) is -0.807. The lowest BCUT2D eigenvalue weighted by atomic mass is 10.0. The van der Waals surface area contributed by atoms with Crippen LogP contribution >= 0.6 is 7.82 Å². The Labute approximate surface area is 352 Å². The van der Waals surface area contributed by atoms with Crippen LogP contribution in [0.1, 0.15) is 245 Å². The van der Waals surface area contributed by atoms with Crippen molar-refractivity contribution in [2.45, 2.75) is 251 Å². The van der Waals surface area contributed by atoms with Crippen molar-refractivity contribution >= 4 is 19.8 Å². The SMILES string of the molecule is CCCCCC/C=C\C/C=C\CCCCCCCC(=O)OC(COC(=O)CCCCCCCCCCCCCCCCCCCCCCCC)COP(=O)(O)OC. The molecule has 9 heteroatoms. The molecule has 0 aromatic carbocycles. The first-order valence-electron chi connectivity index (χ1n) is 24.0. The average molecular weight is 827 g/mol. The predicted molar refractivity (Wildman–Crippen MR) is 239 cm³/mol. The molecule has 0 aromatic rings. The highest BCUT2D eigenvalue weighted by Crippen LogP contribution is 2.42. The summed E-state index contributed by atoms with van der Waals surface area (Å²) in [4.78, 5) is 34.6. The smallest absolute Gasteiger partial charge is 0.462 e. The fourth-order valence-corrected chi connectivity index (χ4v) is 7.44. The Morgan fingerprint density at radius 1 is 0.491 bits per heavy atom. The minimum atomic E-state index is -4.26. The van der Waals surface area contributed by atoms with Gasteiger partial charge in [0, 0.05) is 20.0 Å². The molecule has 0 fully saturated rings. The van der Waals surface area contributed by atoms with Crippen molar-refractivity contribution in [2.24, 2.45) is 0 Å². The first-order chi connectivity index (χ1) is 27.8. The van der Waals surface area contributed by atoms with E-state index in [1.807, 2.05) is 0 Å². The average Bonchev–Trinajstić information content (AvgIpc) is 3.20. The molecule has 1 N–H and O–H groups in total. The van der Waals surface area contributed by atoms with Crippen molar-refractivity contribution in [2.75, 3.05) is 20.3 Å². The van der Waals surface area contributed by atoms with E-state index >= 15 is 0 Å². The number of phosphoric ester groups is 1. The minimum Gasteiger partial charge on any atom is -0.462 e. The number of hydrogen-bond donors (Lipinski definition) is 1. The van der Waals surface area contributed by atoms with Gasteiger partial charge in [-0.05, 0) is 44.9 Å². The van der Waals surface area contributed by atoms with Gasteiger partial charge >= 0.3 is 19.8 Å². The van der Waals surface area contributed by atoms with Crippen LogP contribution in [0.25, 0.3) is 0 Å². The predicted octanol–water partition coefficient (Wildman–Crippen LogP) is 15.4.